The maximum absolute atomic E-state index is 13.5. The van der Waals surface area contributed by atoms with Crippen molar-refractivity contribution < 1.29 is 22.7 Å². The molecule has 0 unspecified atom stereocenters. The van der Waals surface area contributed by atoms with Gasteiger partial charge in [-0.3, -0.25) is 9.59 Å². The molecule has 9 heteroatoms. The van der Waals surface area contributed by atoms with Crippen molar-refractivity contribution in [2.75, 3.05) is 29.9 Å². The summed E-state index contributed by atoms with van der Waals surface area (Å²) in [6.07, 6.45) is 2.75. The van der Waals surface area contributed by atoms with Gasteiger partial charge in [0.1, 0.15) is 5.75 Å². The molecule has 0 radical (unpaired) electrons. The molecule has 3 aliphatic heterocycles. The number of rotatable bonds is 4. The van der Waals surface area contributed by atoms with Crippen molar-refractivity contribution in [1.29, 1.82) is 0 Å². The first kappa shape index (κ1) is 23.8. The predicted molar refractivity (Wildman–Crippen MR) is 133 cm³/mol. The number of ether oxygens (including phenoxy) is 1. The molecular formula is C26H31N3O5S. The highest BCUT2D eigenvalue weighted by atomic mass is 32.2. The Bertz CT molecular complexity index is 1270. The van der Waals surface area contributed by atoms with E-state index in [0.29, 0.717) is 55.9 Å². The van der Waals surface area contributed by atoms with E-state index in [2.05, 4.69) is 11.4 Å². The summed E-state index contributed by atoms with van der Waals surface area (Å²) >= 11 is 0. The van der Waals surface area contributed by atoms with Crippen LogP contribution in [0.4, 0.5) is 11.4 Å². The molecule has 3 aliphatic rings. The number of aryl methyl sites for hydroxylation is 2. The Labute approximate surface area is 206 Å². The number of carbonyl (C=O) groups is 2. The maximum atomic E-state index is 13.5. The third-order valence-corrected chi connectivity index (χ3v) is 9.31. The number of hydrogen-bond donors (Lipinski definition) is 1. The van der Waals surface area contributed by atoms with E-state index in [0.717, 1.165) is 18.5 Å². The summed E-state index contributed by atoms with van der Waals surface area (Å²) in [5.74, 6) is 0.0440. The van der Waals surface area contributed by atoms with Gasteiger partial charge in [0, 0.05) is 37.3 Å². The molecule has 5 rings (SSSR count). The van der Waals surface area contributed by atoms with E-state index < -0.39 is 16.1 Å². The fourth-order valence-corrected chi connectivity index (χ4v) is 6.99. The minimum absolute atomic E-state index is 0.0916. The second-order valence-corrected chi connectivity index (χ2v) is 11.4. The molecule has 2 aromatic rings. The normalized spacial score (nSPS) is 21.0. The van der Waals surface area contributed by atoms with Gasteiger partial charge in [0.2, 0.25) is 15.9 Å². The van der Waals surface area contributed by atoms with Crippen LogP contribution in [0.3, 0.4) is 0 Å². The van der Waals surface area contributed by atoms with E-state index in [4.69, 9.17) is 4.74 Å². The van der Waals surface area contributed by atoms with Gasteiger partial charge >= 0.3 is 0 Å². The Kier molecular flexibility index (Phi) is 6.31. The zero-order valence-electron chi connectivity index (χ0n) is 20.1. The third kappa shape index (κ3) is 4.31. The van der Waals surface area contributed by atoms with Gasteiger partial charge < -0.3 is 15.0 Å². The summed E-state index contributed by atoms with van der Waals surface area (Å²) in [7, 11) is -3.77. The highest BCUT2D eigenvalue weighted by molar-refractivity contribution is 7.89. The van der Waals surface area contributed by atoms with Crippen molar-refractivity contribution in [2.45, 2.75) is 57.0 Å². The lowest BCUT2D eigenvalue weighted by molar-refractivity contribution is -0.124. The van der Waals surface area contributed by atoms with Gasteiger partial charge in [0.25, 0.3) is 5.91 Å². The minimum atomic E-state index is -3.77. The van der Waals surface area contributed by atoms with Crippen LogP contribution >= 0.6 is 0 Å². The van der Waals surface area contributed by atoms with E-state index in [9.17, 15) is 18.0 Å². The zero-order chi connectivity index (χ0) is 24.7. The molecule has 0 saturated carbocycles. The van der Waals surface area contributed by atoms with Crippen molar-refractivity contribution in [3.05, 3.63) is 47.5 Å². The van der Waals surface area contributed by atoms with Crippen LogP contribution in [0.15, 0.2) is 41.3 Å². The quantitative estimate of drug-likeness (QED) is 0.698. The predicted octanol–water partition coefficient (Wildman–Crippen LogP) is 3.48. The standard InChI is InChI=1S/C26H31N3O5S/c1-3-22-25(30)27-20-15-17(2)24(16-23(20)34-22)35(32,33)28-13-10-19(11-14-28)26(31)29-12-6-8-18-7-4-5-9-21(18)29/h4-5,7,9,15-16,19,22H,3,6,8,10-14H2,1-2H3,(H,27,30)/t22-/m0/s1. The molecule has 0 aliphatic carbocycles. The largest absolute Gasteiger partial charge is 0.478 e. The minimum Gasteiger partial charge on any atom is -0.478 e. The Morgan fingerprint density at radius 3 is 2.63 bits per heavy atom. The van der Waals surface area contributed by atoms with E-state index in [1.807, 2.05) is 30.0 Å². The average molecular weight is 498 g/mol. The van der Waals surface area contributed by atoms with Crippen molar-refractivity contribution in [2.24, 2.45) is 5.92 Å². The smallest absolute Gasteiger partial charge is 0.265 e. The van der Waals surface area contributed by atoms with Crippen LogP contribution in [0.5, 0.6) is 5.75 Å². The number of amides is 2. The molecule has 0 bridgehead atoms. The van der Waals surface area contributed by atoms with Gasteiger partial charge in [0.15, 0.2) is 6.10 Å². The first-order valence-electron chi connectivity index (χ1n) is 12.3. The molecule has 0 aromatic heterocycles. The molecular weight excluding hydrogens is 466 g/mol. The molecule has 0 spiro atoms. The molecule has 1 saturated heterocycles. The summed E-state index contributed by atoms with van der Waals surface area (Å²) in [5, 5.41) is 2.80. The molecule has 2 amide bonds. The number of hydrogen-bond acceptors (Lipinski definition) is 5. The van der Waals surface area contributed by atoms with Gasteiger partial charge in [-0.2, -0.15) is 4.31 Å². The molecule has 186 valence electrons. The van der Waals surface area contributed by atoms with Crippen LogP contribution in [-0.4, -0.2) is 50.3 Å². The molecule has 35 heavy (non-hydrogen) atoms. The molecule has 1 fully saturated rings. The zero-order valence-corrected chi connectivity index (χ0v) is 20.9. The second kappa shape index (κ2) is 9.28. The van der Waals surface area contributed by atoms with E-state index in [-0.39, 0.29) is 22.6 Å². The highest BCUT2D eigenvalue weighted by Gasteiger charge is 2.37. The number of nitrogens with one attached hydrogen (secondary N) is 1. The second-order valence-electron chi connectivity index (χ2n) is 9.52. The number of fused-ring (bicyclic) bond motifs is 2. The van der Waals surface area contributed by atoms with Gasteiger partial charge in [0.05, 0.1) is 10.6 Å². The van der Waals surface area contributed by atoms with Crippen LogP contribution in [-0.2, 0) is 26.0 Å². The SMILES string of the molecule is CC[C@@H]1Oc2cc(S(=O)(=O)N3CCC(C(=O)N4CCCc5ccccc54)CC3)c(C)cc2NC1=O. The molecule has 1 atom stereocenters. The number of carbonyl (C=O) groups excluding carboxylic acids is 2. The molecule has 3 heterocycles. The van der Waals surface area contributed by atoms with Crippen molar-refractivity contribution in [3.63, 3.8) is 0 Å². The number of benzene rings is 2. The number of piperidine rings is 1. The van der Waals surface area contributed by atoms with Crippen LogP contribution in [0, 0.1) is 12.8 Å². The summed E-state index contributed by atoms with van der Waals surface area (Å²) in [6, 6.07) is 11.2. The number of sulfonamides is 1. The van der Waals surface area contributed by atoms with Crippen LogP contribution < -0.4 is 15.0 Å². The van der Waals surface area contributed by atoms with E-state index in [1.54, 1.807) is 13.0 Å². The lowest BCUT2D eigenvalue weighted by atomic mass is 9.94. The van der Waals surface area contributed by atoms with E-state index >= 15 is 0 Å². The van der Waals surface area contributed by atoms with Crippen molar-refractivity contribution in [1.82, 2.24) is 4.31 Å². The average Bonchev–Trinajstić information content (AvgIpc) is 2.87. The van der Waals surface area contributed by atoms with Crippen LogP contribution in [0.1, 0.15) is 43.7 Å². The van der Waals surface area contributed by atoms with Gasteiger partial charge in [-0.1, -0.05) is 25.1 Å². The van der Waals surface area contributed by atoms with Gasteiger partial charge in [-0.15, -0.1) is 0 Å². The first-order valence-corrected chi connectivity index (χ1v) is 13.7. The van der Waals surface area contributed by atoms with E-state index in [1.165, 1.54) is 15.9 Å². The molecule has 2 aromatic carbocycles. The Morgan fingerprint density at radius 1 is 1.14 bits per heavy atom. The Balaban J connectivity index is 1.31. The lowest BCUT2D eigenvalue weighted by Gasteiger charge is -2.36. The fourth-order valence-electron chi connectivity index (χ4n) is 5.30. The van der Waals surface area contributed by atoms with Crippen molar-refractivity contribution >= 4 is 33.2 Å². The van der Waals surface area contributed by atoms with Gasteiger partial charge in [-0.05, 0) is 62.3 Å². The Morgan fingerprint density at radius 2 is 1.89 bits per heavy atom. The van der Waals surface area contributed by atoms with Crippen molar-refractivity contribution in [3.8, 4) is 5.75 Å². The molecule has 1 N–H and O–H groups in total. The topological polar surface area (TPSA) is 96.0 Å². The van der Waals surface area contributed by atoms with Crippen LogP contribution in [0.25, 0.3) is 0 Å². The lowest BCUT2D eigenvalue weighted by Crippen LogP contribution is -2.45. The number of nitrogens with zero attached hydrogens (tertiary/aromatic N) is 2. The monoisotopic (exact) mass is 497 g/mol. The summed E-state index contributed by atoms with van der Waals surface area (Å²) < 4.78 is 34.3. The fraction of sp³-hybridized carbons (Fsp3) is 0.462. The molecule has 8 nitrogen and oxygen atoms in total. The number of para-hydroxylation sites is 1. The summed E-state index contributed by atoms with van der Waals surface area (Å²) in [4.78, 5) is 27.5. The Hall–Kier alpha value is -2.91. The maximum Gasteiger partial charge on any atom is 0.265 e. The first-order chi connectivity index (χ1) is 16.8. The highest BCUT2D eigenvalue weighted by Crippen LogP contribution is 2.37. The van der Waals surface area contributed by atoms with Gasteiger partial charge in [-0.25, -0.2) is 8.42 Å². The summed E-state index contributed by atoms with van der Waals surface area (Å²) in [5.41, 5.74) is 3.22. The summed E-state index contributed by atoms with van der Waals surface area (Å²) in [6.45, 7) is 4.85. The number of anilines is 2. The van der Waals surface area contributed by atoms with Crippen LogP contribution in [0.2, 0.25) is 0 Å². The third-order valence-electron chi connectivity index (χ3n) is 7.26.